The zero-order valence-corrected chi connectivity index (χ0v) is 7.93. The summed E-state index contributed by atoms with van der Waals surface area (Å²) in [5.74, 6) is 0.598. The van der Waals surface area contributed by atoms with E-state index in [9.17, 15) is 0 Å². The molecule has 1 rings (SSSR count). The van der Waals surface area contributed by atoms with Gasteiger partial charge in [-0.3, -0.25) is 0 Å². The minimum atomic E-state index is 0.598. The summed E-state index contributed by atoms with van der Waals surface area (Å²) >= 11 is 0. The molecule has 0 unspecified atom stereocenters. The maximum Gasteiger partial charge on any atom is 0.0283 e. The van der Waals surface area contributed by atoms with Crippen molar-refractivity contribution in [3.63, 3.8) is 0 Å². The summed E-state index contributed by atoms with van der Waals surface area (Å²) in [6.07, 6.45) is 4.13. The zero-order chi connectivity index (χ0) is 8.43. The van der Waals surface area contributed by atoms with Crippen LogP contribution in [0, 0.1) is 5.92 Å². The van der Waals surface area contributed by atoms with E-state index in [0.717, 1.165) is 6.04 Å². The van der Waals surface area contributed by atoms with Crippen molar-refractivity contribution >= 4 is 0 Å². The van der Waals surface area contributed by atoms with E-state index in [4.69, 9.17) is 0 Å². The van der Waals surface area contributed by atoms with Crippen LogP contribution in [0.25, 0.3) is 0 Å². The van der Waals surface area contributed by atoms with E-state index in [1.54, 1.807) is 0 Å². The summed E-state index contributed by atoms with van der Waals surface area (Å²) < 4.78 is 0. The van der Waals surface area contributed by atoms with Crippen LogP contribution in [-0.2, 0) is 0 Å². The average Bonchev–Trinajstić information content (AvgIpc) is 1.82. The molecule has 1 fully saturated rings. The highest BCUT2D eigenvalue weighted by molar-refractivity contribution is 4.99. The Morgan fingerprint density at radius 2 is 2.00 bits per heavy atom. The second-order valence-corrected chi connectivity index (χ2v) is 3.84. The molecule has 0 saturated heterocycles. The number of allylic oxidation sites excluding steroid dienone is 1. The van der Waals surface area contributed by atoms with Crippen LogP contribution >= 0.6 is 0 Å². The highest BCUT2D eigenvalue weighted by Crippen LogP contribution is 2.27. The maximum atomic E-state index is 4.08. The summed E-state index contributed by atoms with van der Waals surface area (Å²) in [4.78, 5) is 2.36. The lowest BCUT2D eigenvalue weighted by molar-refractivity contribution is 0.187. The van der Waals surface area contributed by atoms with Gasteiger partial charge in [0.15, 0.2) is 0 Å². The lowest BCUT2D eigenvalue weighted by Gasteiger charge is -2.38. The lowest BCUT2D eigenvalue weighted by atomic mass is 9.91. The van der Waals surface area contributed by atoms with Gasteiger partial charge in [-0.25, -0.2) is 0 Å². The van der Waals surface area contributed by atoms with E-state index in [1.165, 1.54) is 25.0 Å². The van der Waals surface area contributed by atoms with Crippen LogP contribution in [0.5, 0.6) is 0 Å². The molecule has 0 N–H and O–H groups in total. The van der Waals surface area contributed by atoms with Crippen molar-refractivity contribution in [3.05, 3.63) is 12.3 Å². The monoisotopic (exact) mass is 153 g/mol. The van der Waals surface area contributed by atoms with Gasteiger partial charge >= 0.3 is 0 Å². The first-order chi connectivity index (χ1) is 5.13. The fraction of sp³-hybridized carbons (Fsp3) is 0.800. The highest BCUT2D eigenvalue weighted by Gasteiger charge is 2.23. The standard InChI is InChI=1S/C10H19N/c1-8(2)9(3)11(4)10-6-5-7-10/h8,10H,3,5-7H2,1-2,4H3. The number of hydrogen-bond donors (Lipinski definition) is 0. The zero-order valence-electron chi connectivity index (χ0n) is 7.93. The van der Waals surface area contributed by atoms with Crippen molar-refractivity contribution in [2.24, 2.45) is 5.92 Å². The van der Waals surface area contributed by atoms with Crippen molar-refractivity contribution in [2.75, 3.05) is 7.05 Å². The summed E-state index contributed by atoms with van der Waals surface area (Å²) in [5, 5.41) is 0. The van der Waals surface area contributed by atoms with Crippen molar-refractivity contribution in [2.45, 2.75) is 39.2 Å². The van der Waals surface area contributed by atoms with E-state index in [1.807, 2.05) is 0 Å². The Morgan fingerprint density at radius 3 is 2.27 bits per heavy atom. The smallest absolute Gasteiger partial charge is 0.0283 e. The van der Waals surface area contributed by atoms with E-state index >= 15 is 0 Å². The minimum absolute atomic E-state index is 0.598. The normalized spacial score (nSPS) is 18.2. The molecule has 1 aliphatic rings. The van der Waals surface area contributed by atoms with Gasteiger partial charge in [-0.05, 0) is 25.2 Å². The fourth-order valence-electron chi connectivity index (χ4n) is 1.42. The largest absolute Gasteiger partial charge is 0.375 e. The van der Waals surface area contributed by atoms with Gasteiger partial charge in [0.2, 0.25) is 0 Å². The predicted octanol–water partition coefficient (Wildman–Crippen LogP) is 2.64. The molecule has 0 bridgehead atoms. The molecule has 1 nitrogen and oxygen atoms in total. The van der Waals surface area contributed by atoms with Crippen LogP contribution in [0.3, 0.4) is 0 Å². The SMILES string of the molecule is C=C(C(C)C)N(C)C1CCC1. The molecule has 1 heteroatoms. The molecular weight excluding hydrogens is 134 g/mol. The quantitative estimate of drug-likeness (QED) is 0.602. The third kappa shape index (κ3) is 1.76. The molecule has 0 aromatic rings. The molecule has 0 spiro atoms. The molecule has 64 valence electrons. The molecule has 11 heavy (non-hydrogen) atoms. The molecule has 1 saturated carbocycles. The third-order valence-corrected chi connectivity index (χ3v) is 2.74. The van der Waals surface area contributed by atoms with E-state index in [0.29, 0.717) is 5.92 Å². The summed E-state index contributed by atoms with van der Waals surface area (Å²) in [6.45, 7) is 8.49. The Morgan fingerprint density at radius 1 is 1.45 bits per heavy atom. The molecule has 0 aliphatic heterocycles. The number of hydrogen-bond acceptors (Lipinski definition) is 1. The molecular formula is C10H19N. The number of rotatable bonds is 3. The van der Waals surface area contributed by atoms with Crippen LogP contribution in [-0.4, -0.2) is 18.0 Å². The van der Waals surface area contributed by atoms with Gasteiger partial charge in [0, 0.05) is 18.8 Å². The van der Waals surface area contributed by atoms with Crippen molar-refractivity contribution in [3.8, 4) is 0 Å². The van der Waals surface area contributed by atoms with Gasteiger partial charge < -0.3 is 4.90 Å². The van der Waals surface area contributed by atoms with E-state index in [2.05, 4.69) is 32.4 Å². The van der Waals surface area contributed by atoms with Gasteiger partial charge in [0.1, 0.15) is 0 Å². The predicted molar refractivity (Wildman–Crippen MR) is 49.4 cm³/mol. The Kier molecular flexibility index (Phi) is 2.58. The van der Waals surface area contributed by atoms with Crippen LogP contribution in [0.2, 0.25) is 0 Å². The first-order valence-corrected chi connectivity index (χ1v) is 4.54. The van der Waals surface area contributed by atoms with Crippen molar-refractivity contribution < 1.29 is 0 Å². The van der Waals surface area contributed by atoms with Crippen LogP contribution < -0.4 is 0 Å². The van der Waals surface area contributed by atoms with Gasteiger partial charge in [-0.2, -0.15) is 0 Å². The lowest BCUT2D eigenvalue weighted by Crippen LogP contribution is -2.37. The fourth-order valence-corrected chi connectivity index (χ4v) is 1.42. The second kappa shape index (κ2) is 3.29. The Hall–Kier alpha value is -0.460. The molecule has 0 aromatic carbocycles. The van der Waals surface area contributed by atoms with Gasteiger partial charge in [0.25, 0.3) is 0 Å². The summed E-state index contributed by atoms with van der Waals surface area (Å²) in [6, 6.07) is 0.796. The Balaban J connectivity index is 2.39. The molecule has 0 atom stereocenters. The summed E-state index contributed by atoms with van der Waals surface area (Å²) in [7, 11) is 2.17. The Labute approximate surface area is 70.1 Å². The van der Waals surface area contributed by atoms with Crippen molar-refractivity contribution in [1.29, 1.82) is 0 Å². The van der Waals surface area contributed by atoms with E-state index in [-0.39, 0.29) is 0 Å². The molecule has 0 aromatic heterocycles. The minimum Gasteiger partial charge on any atom is -0.375 e. The average molecular weight is 153 g/mol. The maximum absolute atomic E-state index is 4.08. The first kappa shape index (κ1) is 8.63. The van der Waals surface area contributed by atoms with Crippen LogP contribution in [0.4, 0.5) is 0 Å². The molecule has 0 amide bonds. The summed E-state index contributed by atoms with van der Waals surface area (Å²) in [5.41, 5.74) is 1.29. The van der Waals surface area contributed by atoms with Crippen LogP contribution in [0.1, 0.15) is 33.1 Å². The Bertz CT molecular complexity index is 145. The highest BCUT2D eigenvalue weighted by atomic mass is 15.1. The third-order valence-electron chi connectivity index (χ3n) is 2.74. The van der Waals surface area contributed by atoms with Crippen molar-refractivity contribution in [1.82, 2.24) is 4.90 Å². The van der Waals surface area contributed by atoms with Gasteiger partial charge in [-0.15, -0.1) is 0 Å². The van der Waals surface area contributed by atoms with Gasteiger partial charge in [-0.1, -0.05) is 20.4 Å². The topological polar surface area (TPSA) is 3.24 Å². The number of nitrogens with zero attached hydrogens (tertiary/aromatic N) is 1. The van der Waals surface area contributed by atoms with E-state index < -0.39 is 0 Å². The first-order valence-electron chi connectivity index (χ1n) is 4.54. The second-order valence-electron chi connectivity index (χ2n) is 3.84. The molecule has 1 aliphatic carbocycles. The molecule has 0 radical (unpaired) electrons. The van der Waals surface area contributed by atoms with Gasteiger partial charge in [0.05, 0.1) is 0 Å². The molecule has 0 heterocycles. The van der Waals surface area contributed by atoms with Crippen LogP contribution in [0.15, 0.2) is 12.3 Å².